The van der Waals surface area contributed by atoms with Gasteiger partial charge < -0.3 is 10.1 Å². The summed E-state index contributed by atoms with van der Waals surface area (Å²) in [5.74, 6) is -2.09. The van der Waals surface area contributed by atoms with Gasteiger partial charge in [0, 0.05) is 12.6 Å². The first kappa shape index (κ1) is 12.4. The summed E-state index contributed by atoms with van der Waals surface area (Å²) in [4.78, 5) is 11.1. The molecule has 3 nitrogen and oxygen atoms in total. The lowest BCUT2D eigenvalue weighted by atomic mass is 10.2. The molecule has 0 aliphatic heterocycles. The largest absolute Gasteiger partial charge is 0.469 e. The number of rotatable bonds is 4. The molecular weight excluding hydrogens is 216 g/mol. The Morgan fingerprint density at radius 3 is 2.75 bits per heavy atom. The Balaban J connectivity index is 2.58. The fraction of sp³-hybridized carbons (Fsp3) is 0.364. The average Bonchev–Trinajstić information content (AvgIpc) is 2.26. The highest BCUT2D eigenvalue weighted by atomic mass is 19.1. The number of carbonyl (C=O) groups is 1. The molecule has 88 valence electrons. The molecule has 1 unspecified atom stereocenters. The van der Waals surface area contributed by atoms with Crippen LogP contribution in [0, 0.1) is 17.6 Å². The van der Waals surface area contributed by atoms with Crippen LogP contribution in [0.4, 0.5) is 14.5 Å². The second-order valence-corrected chi connectivity index (χ2v) is 3.43. The summed E-state index contributed by atoms with van der Waals surface area (Å²) in [5, 5.41) is 2.71. The van der Waals surface area contributed by atoms with Gasteiger partial charge in [0.05, 0.1) is 18.7 Å². The van der Waals surface area contributed by atoms with E-state index in [0.717, 1.165) is 12.1 Å². The number of nitrogens with one attached hydrogen (secondary N) is 1. The highest BCUT2D eigenvalue weighted by Gasteiger charge is 2.13. The van der Waals surface area contributed by atoms with Gasteiger partial charge in [-0.3, -0.25) is 4.79 Å². The Kier molecular flexibility index (Phi) is 4.22. The maximum Gasteiger partial charge on any atom is 0.310 e. The third-order valence-electron chi connectivity index (χ3n) is 2.13. The minimum absolute atomic E-state index is 0.164. The molecule has 5 heteroatoms. The molecule has 16 heavy (non-hydrogen) atoms. The van der Waals surface area contributed by atoms with Gasteiger partial charge in [0.25, 0.3) is 0 Å². The van der Waals surface area contributed by atoms with Gasteiger partial charge >= 0.3 is 5.97 Å². The van der Waals surface area contributed by atoms with Gasteiger partial charge in [0.15, 0.2) is 0 Å². The van der Waals surface area contributed by atoms with Crippen molar-refractivity contribution in [2.24, 2.45) is 5.92 Å². The molecule has 0 amide bonds. The Hall–Kier alpha value is -1.65. The number of hydrogen-bond acceptors (Lipinski definition) is 3. The van der Waals surface area contributed by atoms with Crippen LogP contribution in [0.2, 0.25) is 0 Å². The molecule has 0 bridgehead atoms. The standard InChI is InChI=1S/C11H13F2NO2/c1-7(11(15)16-2)6-14-10-4-3-8(12)5-9(10)13/h3-5,7,14H,6H2,1-2H3. The zero-order chi connectivity index (χ0) is 12.1. The molecule has 0 saturated carbocycles. The minimum Gasteiger partial charge on any atom is -0.469 e. The number of benzene rings is 1. The summed E-state index contributed by atoms with van der Waals surface area (Å²) in [5.41, 5.74) is 0.164. The summed E-state index contributed by atoms with van der Waals surface area (Å²) >= 11 is 0. The van der Waals surface area contributed by atoms with Crippen LogP contribution in [-0.2, 0) is 9.53 Å². The highest BCUT2D eigenvalue weighted by Crippen LogP contribution is 2.15. The molecule has 0 fully saturated rings. The van der Waals surface area contributed by atoms with Gasteiger partial charge in [-0.25, -0.2) is 8.78 Å². The number of carbonyl (C=O) groups excluding carboxylic acids is 1. The van der Waals surface area contributed by atoms with Gasteiger partial charge in [-0.1, -0.05) is 6.92 Å². The Labute approximate surface area is 92.4 Å². The van der Waals surface area contributed by atoms with Crippen LogP contribution in [0.5, 0.6) is 0 Å². The zero-order valence-corrected chi connectivity index (χ0v) is 9.09. The first-order valence-corrected chi connectivity index (χ1v) is 4.81. The summed E-state index contributed by atoms with van der Waals surface area (Å²) < 4.78 is 30.3. The fourth-order valence-electron chi connectivity index (χ4n) is 1.18. The third-order valence-corrected chi connectivity index (χ3v) is 2.13. The molecule has 0 heterocycles. The Bertz CT molecular complexity index is 382. The van der Waals surface area contributed by atoms with Crippen LogP contribution < -0.4 is 5.32 Å². The zero-order valence-electron chi connectivity index (χ0n) is 9.09. The predicted molar refractivity (Wildman–Crippen MR) is 56.0 cm³/mol. The molecular formula is C11H13F2NO2. The first-order chi connectivity index (χ1) is 7.54. The summed E-state index contributed by atoms with van der Waals surface area (Å²) in [6, 6.07) is 3.22. The maximum absolute atomic E-state index is 13.2. The molecule has 0 aliphatic rings. The van der Waals surface area contributed by atoms with E-state index in [1.165, 1.54) is 13.2 Å². The molecule has 0 aliphatic carbocycles. The lowest BCUT2D eigenvalue weighted by Crippen LogP contribution is -2.21. The van der Waals surface area contributed by atoms with E-state index in [9.17, 15) is 13.6 Å². The number of hydrogen-bond donors (Lipinski definition) is 1. The van der Waals surface area contributed by atoms with E-state index in [2.05, 4.69) is 10.1 Å². The Morgan fingerprint density at radius 1 is 1.50 bits per heavy atom. The van der Waals surface area contributed by atoms with E-state index in [4.69, 9.17) is 0 Å². The monoisotopic (exact) mass is 229 g/mol. The van der Waals surface area contributed by atoms with Crippen molar-refractivity contribution >= 4 is 11.7 Å². The molecule has 1 rings (SSSR count). The van der Waals surface area contributed by atoms with Crippen molar-refractivity contribution in [2.45, 2.75) is 6.92 Å². The van der Waals surface area contributed by atoms with Gasteiger partial charge in [-0.15, -0.1) is 0 Å². The van der Waals surface area contributed by atoms with Crippen LogP contribution in [0.3, 0.4) is 0 Å². The van der Waals surface area contributed by atoms with Crippen LogP contribution in [0.15, 0.2) is 18.2 Å². The Morgan fingerprint density at radius 2 is 2.19 bits per heavy atom. The molecule has 1 N–H and O–H groups in total. The predicted octanol–water partition coefficient (Wildman–Crippen LogP) is 2.19. The second-order valence-electron chi connectivity index (χ2n) is 3.43. The van der Waals surface area contributed by atoms with Crippen LogP contribution in [0.1, 0.15) is 6.92 Å². The normalized spacial score (nSPS) is 12.0. The van der Waals surface area contributed by atoms with Crippen molar-refractivity contribution in [1.82, 2.24) is 0 Å². The second kappa shape index (κ2) is 5.44. The molecule has 0 radical (unpaired) electrons. The van der Waals surface area contributed by atoms with Crippen LogP contribution >= 0.6 is 0 Å². The maximum atomic E-state index is 13.2. The number of esters is 1. The van der Waals surface area contributed by atoms with E-state index in [1.807, 2.05) is 0 Å². The topological polar surface area (TPSA) is 38.3 Å². The van der Waals surface area contributed by atoms with Gasteiger partial charge in [0.2, 0.25) is 0 Å². The van der Waals surface area contributed by atoms with Crippen molar-refractivity contribution in [3.05, 3.63) is 29.8 Å². The molecule has 1 aromatic rings. The van der Waals surface area contributed by atoms with Crippen molar-refractivity contribution < 1.29 is 18.3 Å². The lowest BCUT2D eigenvalue weighted by molar-refractivity contribution is -0.144. The van der Waals surface area contributed by atoms with E-state index < -0.39 is 17.6 Å². The lowest BCUT2D eigenvalue weighted by Gasteiger charge is -2.11. The quantitative estimate of drug-likeness (QED) is 0.804. The van der Waals surface area contributed by atoms with Crippen LogP contribution in [0.25, 0.3) is 0 Å². The van der Waals surface area contributed by atoms with Crippen molar-refractivity contribution in [3.63, 3.8) is 0 Å². The summed E-state index contributed by atoms with van der Waals surface area (Å²) in [6.07, 6.45) is 0. The highest BCUT2D eigenvalue weighted by molar-refractivity contribution is 5.72. The number of ether oxygens (including phenoxy) is 1. The van der Waals surface area contributed by atoms with Crippen molar-refractivity contribution in [3.8, 4) is 0 Å². The van der Waals surface area contributed by atoms with Crippen molar-refractivity contribution in [2.75, 3.05) is 19.0 Å². The van der Waals surface area contributed by atoms with Gasteiger partial charge in [-0.2, -0.15) is 0 Å². The van der Waals surface area contributed by atoms with E-state index >= 15 is 0 Å². The van der Waals surface area contributed by atoms with Crippen molar-refractivity contribution in [1.29, 1.82) is 0 Å². The molecule has 1 aromatic carbocycles. The fourth-order valence-corrected chi connectivity index (χ4v) is 1.18. The van der Waals surface area contributed by atoms with E-state index in [-0.39, 0.29) is 18.2 Å². The third kappa shape index (κ3) is 3.18. The molecule has 1 atom stereocenters. The minimum atomic E-state index is -0.683. The van der Waals surface area contributed by atoms with Gasteiger partial charge in [0.1, 0.15) is 11.6 Å². The summed E-state index contributed by atoms with van der Waals surface area (Å²) in [6.45, 7) is 1.88. The summed E-state index contributed by atoms with van der Waals surface area (Å²) in [7, 11) is 1.29. The van der Waals surface area contributed by atoms with Crippen LogP contribution in [-0.4, -0.2) is 19.6 Å². The van der Waals surface area contributed by atoms with Gasteiger partial charge in [-0.05, 0) is 12.1 Å². The first-order valence-electron chi connectivity index (χ1n) is 4.81. The molecule has 0 aromatic heterocycles. The number of anilines is 1. The average molecular weight is 229 g/mol. The molecule has 0 spiro atoms. The van der Waals surface area contributed by atoms with E-state index in [1.54, 1.807) is 6.92 Å². The smallest absolute Gasteiger partial charge is 0.310 e. The van der Waals surface area contributed by atoms with E-state index in [0.29, 0.717) is 0 Å². The number of halogens is 2. The molecule has 0 saturated heterocycles. The number of methoxy groups -OCH3 is 1. The SMILES string of the molecule is COC(=O)C(C)CNc1ccc(F)cc1F.